The number of rotatable bonds is 2. The molecule has 1 aromatic rings. The second-order valence-corrected chi connectivity index (χ2v) is 3.94. The van der Waals surface area contributed by atoms with Crippen molar-refractivity contribution in [1.29, 1.82) is 0 Å². The third-order valence-electron chi connectivity index (χ3n) is 2.80. The van der Waals surface area contributed by atoms with Crippen LogP contribution in [0.5, 0.6) is 0 Å². The van der Waals surface area contributed by atoms with Crippen LogP contribution in [-0.4, -0.2) is 38.6 Å². The smallest absolute Gasteiger partial charge is 0.349 e. The molecule has 1 radical (unpaired) electrons. The maximum atomic E-state index is 11.6. The number of hydrogen-bond donors (Lipinski definition) is 3. The maximum Gasteiger partial charge on any atom is 0.349 e. The summed E-state index contributed by atoms with van der Waals surface area (Å²) in [4.78, 5) is 15.2. The summed E-state index contributed by atoms with van der Waals surface area (Å²) in [6.45, 7) is 1.35. The topological polar surface area (TPSA) is 111 Å². The molecule has 1 aliphatic rings. The molecule has 7 nitrogen and oxygen atoms in total. The molecule has 97 valence electrons. The molecule has 2 heterocycles. The van der Waals surface area contributed by atoms with Crippen molar-refractivity contribution in [2.75, 3.05) is 12.3 Å². The first-order chi connectivity index (χ1) is 8.04. The number of nitrogens with zero attached hydrogens (tertiary/aromatic N) is 2. The number of nitrogens with two attached hydrogens (primary N) is 1. The van der Waals surface area contributed by atoms with E-state index in [1.54, 1.807) is 6.92 Å². The molecule has 0 bridgehead atoms. The molecule has 0 aliphatic carbocycles. The van der Waals surface area contributed by atoms with Crippen LogP contribution in [0.15, 0.2) is 17.1 Å². The zero-order valence-electron chi connectivity index (χ0n) is 9.85. The van der Waals surface area contributed by atoms with Crippen molar-refractivity contribution < 1.29 is 47.7 Å². The van der Waals surface area contributed by atoms with E-state index in [1.807, 2.05) is 0 Å². The van der Waals surface area contributed by atoms with E-state index in [0.29, 0.717) is 5.92 Å². The molecule has 0 saturated carbocycles. The Balaban J connectivity index is 0.00000162. The minimum atomic E-state index is -0.894. The van der Waals surface area contributed by atoms with Gasteiger partial charge in [-0.25, -0.2) is 10.7 Å². The van der Waals surface area contributed by atoms with E-state index in [-0.39, 0.29) is 45.1 Å². The predicted molar refractivity (Wildman–Crippen MR) is 58.8 cm³/mol. The SMILES string of the molecule is C[C-]1[C@H](n2ccc(N)nc2=O)O[C@H](CO)[C@H]1O.[Y]. The van der Waals surface area contributed by atoms with Crippen molar-refractivity contribution in [3.8, 4) is 0 Å². The average Bonchev–Trinajstić information content (AvgIpc) is 2.57. The van der Waals surface area contributed by atoms with E-state index in [2.05, 4.69) is 4.98 Å². The van der Waals surface area contributed by atoms with Gasteiger partial charge in [0.25, 0.3) is 0 Å². The van der Waals surface area contributed by atoms with Gasteiger partial charge in [0, 0.05) is 45.1 Å². The van der Waals surface area contributed by atoms with E-state index >= 15 is 0 Å². The molecule has 2 rings (SSSR count). The van der Waals surface area contributed by atoms with Crippen LogP contribution in [0, 0.1) is 5.92 Å². The van der Waals surface area contributed by atoms with Gasteiger partial charge in [0.1, 0.15) is 5.82 Å². The Morgan fingerprint density at radius 1 is 1.67 bits per heavy atom. The fourth-order valence-electron chi connectivity index (χ4n) is 1.82. The summed E-state index contributed by atoms with van der Waals surface area (Å²) >= 11 is 0. The average molecular weight is 329 g/mol. The maximum absolute atomic E-state index is 11.6. The van der Waals surface area contributed by atoms with Crippen LogP contribution < -0.4 is 11.4 Å². The predicted octanol–water partition coefficient (Wildman–Crippen LogP) is -1.33. The van der Waals surface area contributed by atoms with Gasteiger partial charge in [-0.3, -0.25) is 0 Å². The number of aliphatic hydroxyl groups excluding tert-OH is 2. The molecule has 1 saturated heterocycles. The van der Waals surface area contributed by atoms with Gasteiger partial charge in [0.2, 0.25) is 0 Å². The number of ether oxygens (including phenoxy) is 1. The zero-order valence-corrected chi connectivity index (χ0v) is 12.7. The second kappa shape index (κ2) is 6.21. The number of aliphatic hydroxyl groups is 2. The number of nitrogen functional groups attached to an aromatic ring is 1. The van der Waals surface area contributed by atoms with Crippen LogP contribution in [0.25, 0.3) is 0 Å². The number of aromatic nitrogens is 2. The van der Waals surface area contributed by atoms with Gasteiger partial charge >= 0.3 is 5.69 Å². The van der Waals surface area contributed by atoms with Crippen LogP contribution in [0.3, 0.4) is 0 Å². The summed E-state index contributed by atoms with van der Waals surface area (Å²) in [7, 11) is 0. The standard InChI is InChI=1S/C10H14N3O4.Y/c1-5-8(15)6(4-14)17-9(5)13-3-2-7(11)12-10(13)16;/h2-3,6,8-9,14-15H,4H2,1H3,(H2,11,12,16);/q-1;/t6-,8+,9-;/m1./s1. The second-order valence-electron chi connectivity index (χ2n) is 3.94. The summed E-state index contributed by atoms with van der Waals surface area (Å²) in [5.41, 5.74) is 4.82. The largest absolute Gasteiger partial charge is 0.422 e. The van der Waals surface area contributed by atoms with E-state index in [9.17, 15) is 9.90 Å². The Labute approximate surface area is 129 Å². The molecule has 4 N–H and O–H groups in total. The number of anilines is 1. The Bertz CT molecular complexity index is 467. The van der Waals surface area contributed by atoms with Gasteiger partial charge in [0.15, 0.2) is 0 Å². The van der Waals surface area contributed by atoms with Gasteiger partial charge in [-0.1, -0.05) is 0 Å². The summed E-state index contributed by atoms with van der Waals surface area (Å²) in [5.74, 6) is 0.680. The van der Waals surface area contributed by atoms with Gasteiger partial charge in [-0.15, -0.1) is 0 Å². The Kier molecular flexibility index (Phi) is 5.42. The molecule has 18 heavy (non-hydrogen) atoms. The van der Waals surface area contributed by atoms with Crippen molar-refractivity contribution in [1.82, 2.24) is 9.55 Å². The molecule has 8 heteroatoms. The molecule has 0 aromatic carbocycles. The van der Waals surface area contributed by atoms with E-state index < -0.39 is 24.1 Å². The molecular formula is C10H14N3O4Y-. The third kappa shape index (κ3) is 2.80. The molecule has 3 atom stereocenters. The summed E-state index contributed by atoms with van der Waals surface area (Å²) in [5, 5.41) is 18.8. The van der Waals surface area contributed by atoms with Gasteiger partial charge in [-0.2, -0.15) is 11.9 Å². The van der Waals surface area contributed by atoms with Crippen molar-refractivity contribution >= 4 is 5.82 Å². The van der Waals surface area contributed by atoms with Crippen LogP contribution in [-0.2, 0) is 37.4 Å². The summed E-state index contributed by atoms with van der Waals surface area (Å²) < 4.78 is 6.61. The molecule has 0 unspecified atom stereocenters. The van der Waals surface area contributed by atoms with E-state index in [4.69, 9.17) is 15.6 Å². The first-order valence-electron chi connectivity index (χ1n) is 5.17. The van der Waals surface area contributed by atoms with Gasteiger partial charge in [0.05, 0.1) is 12.7 Å². The van der Waals surface area contributed by atoms with Crippen molar-refractivity contribution in [2.45, 2.75) is 25.4 Å². The first-order valence-corrected chi connectivity index (χ1v) is 5.17. The quantitative estimate of drug-likeness (QED) is 0.580. The Morgan fingerprint density at radius 2 is 2.33 bits per heavy atom. The van der Waals surface area contributed by atoms with Crippen molar-refractivity contribution in [3.05, 3.63) is 28.7 Å². The summed E-state index contributed by atoms with van der Waals surface area (Å²) in [6, 6.07) is 1.47. The molecule has 0 amide bonds. The van der Waals surface area contributed by atoms with Crippen LogP contribution in [0.4, 0.5) is 5.82 Å². The third-order valence-corrected chi connectivity index (χ3v) is 2.80. The van der Waals surface area contributed by atoms with Crippen LogP contribution in [0.1, 0.15) is 13.2 Å². The van der Waals surface area contributed by atoms with E-state index in [1.165, 1.54) is 16.8 Å². The van der Waals surface area contributed by atoms with E-state index in [0.717, 1.165) is 0 Å². The molecule has 1 aliphatic heterocycles. The monoisotopic (exact) mass is 329 g/mol. The fourth-order valence-corrected chi connectivity index (χ4v) is 1.82. The molecule has 1 fully saturated rings. The Hall–Kier alpha value is -0.336. The minimum absolute atomic E-state index is 0. The first kappa shape index (κ1) is 15.7. The molecule has 0 spiro atoms. The van der Waals surface area contributed by atoms with Crippen molar-refractivity contribution in [2.24, 2.45) is 0 Å². The van der Waals surface area contributed by atoms with Crippen molar-refractivity contribution in [3.63, 3.8) is 0 Å². The molecular weight excluding hydrogens is 315 g/mol. The minimum Gasteiger partial charge on any atom is -0.422 e. The number of hydrogen-bond acceptors (Lipinski definition) is 6. The van der Waals surface area contributed by atoms with Crippen LogP contribution in [0.2, 0.25) is 0 Å². The molecule has 1 aromatic heterocycles. The van der Waals surface area contributed by atoms with Crippen LogP contribution >= 0.6 is 0 Å². The zero-order chi connectivity index (χ0) is 12.6. The van der Waals surface area contributed by atoms with Gasteiger partial charge in [-0.05, 0) is 12.2 Å². The fraction of sp³-hybridized carbons (Fsp3) is 0.500. The Morgan fingerprint density at radius 3 is 2.83 bits per heavy atom. The summed E-state index contributed by atoms with van der Waals surface area (Å²) in [6.07, 6.45) is -0.882. The van der Waals surface area contributed by atoms with Gasteiger partial charge < -0.3 is 25.3 Å². The normalized spacial score (nSPS) is 28.1.